The normalized spacial score (nSPS) is 14.3. The molecule has 0 aliphatic heterocycles. The summed E-state index contributed by atoms with van der Waals surface area (Å²) in [7, 11) is 0. The second kappa shape index (κ2) is 3.23. The van der Waals surface area contributed by atoms with E-state index in [4.69, 9.17) is 0 Å². The highest BCUT2D eigenvalue weighted by molar-refractivity contribution is 5.08. The van der Waals surface area contributed by atoms with Gasteiger partial charge in [-0.15, -0.1) is 0 Å². The van der Waals surface area contributed by atoms with Crippen LogP contribution in [0.1, 0.15) is 32.6 Å². The van der Waals surface area contributed by atoms with E-state index in [9.17, 15) is 5.11 Å². The summed E-state index contributed by atoms with van der Waals surface area (Å²) in [6, 6.07) is 5.58. The molecule has 0 saturated carbocycles. The molecule has 0 spiro atoms. The van der Waals surface area contributed by atoms with Gasteiger partial charge in [-0.3, -0.25) is 4.98 Å². The van der Waals surface area contributed by atoms with E-state index in [0.29, 0.717) is 0 Å². The van der Waals surface area contributed by atoms with E-state index >= 15 is 0 Å². The number of rotatable bonds is 1. The Hall–Kier alpha value is -0.890. The highest BCUT2D eigenvalue weighted by atomic mass is 16.3. The third kappa shape index (κ3) is 2.05. The predicted octanol–water partition coefficient (Wildman–Crippen LogP) is 2.16. The molecule has 1 aromatic heterocycles. The lowest BCUT2D eigenvalue weighted by molar-refractivity contribution is 0.0589. The van der Waals surface area contributed by atoms with Crippen LogP contribution in [0.25, 0.3) is 0 Å². The van der Waals surface area contributed by atoms with Crippen LogP contribution in [0.15, 0.2) is 24.4 Å². The highest BCUT2D eigenvalue weighted by Gasteiger charge is 2.24. The van der Waals surface area contributed by atoms with Crippen LogP contribution >= 0.6 is 0 Å². The van der Waals surface area contributed by atoms with E-state index in [1.54, 1.807) is 6.20 Å². The maximum absolute atomic E-state index is 9.79. The van der Waals surface area contributed by atoms with Crippen molar-refractivity contribution in [2.24, 2.45) is 5.41 Å². The molecule has 1 atom stereocenters. The van der Waals surface area contributed by atoms with Crippen molar-refractivity contribution in [1.29, 1.82) is 0 Å². The fourth-order valence-electron chi connectivity index (χ4n) is 0.981. The summed E-state index contributed by atoms with van der Waals surface area (Å²) in [5.41, 5.74) is 0.596. The molecule has 1 N–H and O–H groups in total. The van der Waals surface area contributed by atoms with Gasteiger partial charge in [0.1, 0.15) is 6.10 Å². The molecule has 0 unspecified atom stereocenters. The van der Waals surface area contributed by atoms with Gasteiger partial charge in [-0.05, 0) is 17.5 Å². The lowest BCUT2D eigenvalue weighted by Gasteiger charge is -2.24. The Morgan fingerprint density at radius 1 is 1.33 bits per heavy atom. The third-order valence-corrected chi connectivity index (χ3v) is 1.79. The van der Waals surface area contributed by atoms with Gasteiger partial charge >= 0.3 is 0 Å². The van der Waals surface area contributed by atoms with Crippen molar-refractivity contribution in [2.45, 2.75) is 26.9 Å². The van der Waals surface area contributed by atoms with E-state index in [2.05, 4.69) is 4.98 Å². The zero-order chi connectivity index (χ0) is 9.19. The number of aliphatic hydroxyl groups excluding tert-OH is 1. The van der Waals surface area contributed by atoms with Crippen molar-refractivity contribution in [3.63, 3.8) is 0 Å². The van der Waals surface area contributed by atoms with Gasteiger partial charge in [0.15, 0.2) is 0 Å². The zero-order valence-corrected chi connectivity index (χ0v) is 7.78. The molecule has 0 bridgehead atoms. The number of nitrogens with zero attached hydrogens (tertiary/aromatic N) is 1. The molecule has 1 aromatic rings. The average Bonchev–Trinajstić information content (AvgIpc) is 2.03. The van der Waals surface area contributed by atoms with Crippen LogP contribution in [0.4, 0.5) is 0 Å². The number of hydrogen-bond donors (Lipinski definition) is 1. The van der Waals surface area contributed by atoms with Crippen molar-refractivity contribution in [3.8, 4) is 0 Å². The Morgan fingerprint density at radius 3 is 2.42 bits per heavy atom. The first-order chi connectivity index (χ1) is 5.52. The molecule has 1 heterocycles. The maximum Gasteiger partial charge on any atom is 0.101 e. The van der Waals surface area contributed by atoms with Crippen molar-refractivity contribution in [3.05, 3.63) is 30.1 Å². The summed E-state index contributed by atoms with van der Waals surface area (Å²) >= 11 is 0. The minimum Gasteiger partial charge on any atom is -0.386 e. The Labute approximate surface area is 73.3 Å². The van der Waals surface area contributed by atoms with Crippen molar-refractivity contribution in [2.75, 3.05) is 0 Å². The van der Waals surface area contributed by atoms with E-state index in [-0.39, 0.29) is 5.41 Å². The molecular formula is C10H15NO. The summed E-state index contributed by atoms with van der Waals surface area (Å²) in [4.78, 5) is 4.10. The molecule has 2 heteroatoms. The van der Waals surface area contributed by atoms with Crippen LogP contribution in [0, 0.1) is 5.41 Å². The van der Waals surface area contributed by atoms with Crippen molar-refractivity contribution in [1.82, 2.24) is 4.98 Å². The molecule has 1 rings (SSSR count). The van der Waals surface area contributed by atoms with Gasteiger partial charge in [-0.25, -0.2) is 0 Å². The summed E-state index contributed by atoms with van der Waals surface area (Å²) in [5.74, 6) is 0. The molecule has 0 aromatic carbocycles. The molecule has 12 heavy (non-hydrogen) atoms. The minimum absolute atomic E-state index is 0.144. The predicted molar refractivity (Wildman–Crippen MR) is 48.7 cm³/mol. The van der Waals surface area contributed by atoms with Crippen LogP contribution in [0.2, 0.25) is 0 Å². The standard InChI is InChI=1S/C10H15NO/c1-10(2,3)9(12)8-6-4-5-7-11-8/h4-7,9,12H,1-3H3/t9-/m1/s1. The molecule has 2 nitrogen and oxygen atoms in total. The zero-order valence-electron chi connectivity index (χ0n) is 7.78. The Kier molecular flexibility index (Phi) is 2.48. The number of aliphatic hydroxyl groups is 1. The molecule has 0 amide bonds. The molecule has 0 radical (unpaired) electrons. The molecule has 0 fully saturated rings. The van der Waals surface area contributed by atoms with Crippen LogP contribution < -0.4 is 0 Å². The Bertz CT molecular complexity index is 238. The quantitative estimate of drug-likeness (QED) is 0.691. The summed E-state index contributed by atoms with van der Waals surface area (Å²) in [6.07, 6.45) is 1.21. The average molecular weight is 165 g/mol. The summed E-state index contributed by atoms with van der Waals surface area (Å²) < 4.78 is 0. The maximum atomic E-state index is 9.79. The van der Waals surface area contributed by atoms with Crippen molar-refractivity contribution >= 4 is 0 Å². The first-order valence-corrected chi connectivity index (χ1v) is 4.11. The molecular weight excluding hydrogens is 150 g/mol. The number of hydrogen-bond acceptors (Lipinski definition) is 2. The minimum atomic E-state index is -0.487. The van der Waals surface area contributed by atoms with Crippen LogP contribution in [0.3, 0.4) is 0 Å². The van der Waals surface area contributed by atoms with Crippen LogP contribution in [0.5, 0.6) is 0 Å². The largest absolute Gasteiger partial charge is 0.386 e. The first kappa shape index (κ1) is 9.20. The monoisotopic (exact) mass is 165 g/mol. The van der Waals surface area contributed by atoms with Gasteiger partial charge in [-0.1, -0.05) is 26.8 Å². The lowest BCUT2D eigenvalue weighted by Crippen LogP contribution is -2.18. The van der Waals surface area contributed by atoms with Gasteiger partial charge in [0, 0.05) is 6.20 Å². The van der Waals surface area contributed by atoms with Crippen molar-refractivity contribution < 1.29 is 5.11 Å². The molecule has 66 valence electrons. The highest BCUT2D eigenvalue weighted by Crippen LogP contribution is 2.30. The SMILES string of the molecule is CC(C)(C)[C@H](O)c1ccccn1. The molecule has 0 saturated heterocycles. The van der Waals surface area contributed by atoms with E-state index in [0.717, 1.165) is 5.69 Å². The van der Waals surface area contributed by atoms with Gasteiger partial charge in [-0.2, -0.15) is 0 Å². The van der Waals surface area contributed by atoms with E-state index in [1.807, 2.05) is 39.0 Å². The van der Waals surface area contributed by atoms with E-state index < -0.39 is 6.10 Å². The number of aromatic nitrogens is 1. The third-order valence-electron chi connectivity index (χ3n) is 1.79. The van der Waals surface area contributed by atoms with Gasteiger partial charge in [0.2, 0.25) is 0 Å². The topological polar surface area (TPSA) is 33.1 Å². The second-order valence-corrected chi connectivity index (χ2v) is 4.02. The summed E-state index contributed by atoms with van der Waals surface area (Å²) in [6.45, 7) is 5.98. The lowest BCUT2D eigenvalue weighted by atomic mass is 9.87. The van der Waals surface area contributed by atoms with Gasteiger partial charge < -0.3 is 5.11 Å². The Morgan fingerprint density at radius 2 is 2.00 bits per heavy atom. The van der Waals surface area contributed by atoms with Gasteiger partial charge in [0.25, 0.3) is 0 Å². The Balaban J connectivity index is 2.86. The molecule has 0 aliphatic carbocycles. The van der Waals surface area contributed by atoms with Crippen LogP contribution in [-0.2, 0) is 0 Å². The summed E-state index contributed by atoms with van der Waals surface area (Å²) in [5, 5.41) is 9.79. The molecule has 0 aliphatic rings. The van der Waals surface area contributed by atoms with E-state index in [1.165, 1.54) is 0 Å². The fraction of sp³-hybridized carbons (Fsp3) is 0.500. The first-order valence-electron chi connectivity index (χ1n) is 4.11. The smallest absolute Gasteiger partial charge is 0.101 e. The second-order valence-electron chi connectivity index (χ2n) is 4.02. The fourth-order valence-corrected chi connectivity index (χ4v) is 0.981. The van der Waals surface area contributed by atoms with Crippen LogP contribution in [-0.4, -0.2) is 10.1 Å². The van der Waals surface area contributed by atoms with Gasteiger partial charge in [0.05, 0.1) is 5.69 Å². The number of pyridine rings is 1.